The predicted octanol–water partition coefficient (Wildman–Crippen LogP) is 2.14. The van der Waals surface area contributed by atoms with Crippen molar-refractivity contribution in [3.63, 3.8) is 0 Å². The number of likely N-dealkylation sites (tertiary alicyclic amines) is 1. The standard InChI is InChI=1S/C10H19IN2/c1-12-5-3-10(4-6-12)7-9(8-10)13(2)11/h9H,3-8H2,1-2H3. The molecular formula is C10H19IN2. The minimum atomic E-state index is 0.747. The molecule has 2 rings (SSSR count). The normalized spacial score (nSPS) is 29.5. The highest BCUT2D eigenvalue weighted by Crippen LogP contribution is 2.50. The molecular weight excluding hydrogens is 275 g/mol. The minimum Gasteiger partial charge on any atom is -0.306 e. The fourth-order valence-electron chi connectivity index (χ4n) is 2.69. The van der Waals surface area contributed by atoms with Crippen LogP contribution in [0.3, 0.4) is 0 Å². The zero-order valence-electron chi connectivity index (χ0n) is 8.59. The number of rotatable bonds is 1. The molecule has 0 aromatic heterocycles. The maximum absolute atomic E-state index is 2.46. The van der Waals surface area contributed by atoms with Crippen molar-refractivity contribution in [2.75, 3.05) is 27.2 Å². The van der Waals surface area contributed by atoms with Gasteiger partial charge < -0.3 is 4.90 Å². The van der Waals surface area contributed by atoms with Crippen LogP contribution in [0.2, 0.25) is 0 Å². The number of halogens is 1. The third-order valence-electron chi connectivity index (χ3n) is 3.89. The van der Waals surface area contributed by atoms with Gasteiger partial charge in [-0.2, -0.15) is 0 Å². The Kier molecular flexibility index (Phi) is 2.87. The lowest BCUT2D eigenvalue weighted by Crippen LogP contribution is -2.51. The molecule has 1 spiro atoms. The minimum absolute atomic E-state index is 0.747. The van der Waals surface area contributed by atoms with Gasteiger partial charge in [0, 0.05) is 28.9 Å². The summed E-state index contributed by atoms with van der Waals surface area (Å²) in [5.74, 6) is 0. The first kappa shape index (κ1) is 10.2. The van der Waals surface area contributed by atoms with Gasteiger partial charge in [-0.25, -0.2) is 3.11 Å². The van der Waals surface area contributed by atoms with Crippen LogP contribution in [-0.2, 0) is 0 Å². The van der Waals surface area contributed by atoms with E-state index in [0.29, 0.717) is 0 Å². The smallest absolute Gasteiger partial charge is 0.0201 e. The first-order valence-electron chi connectivity index (χ1n) is 5.18. The molecule has 0 radical (unpaired) electrons. The van der Waals surface area contributed by atoms with Gasteiger partial charge in [0.1, 0.15) is 0 Å². The maximum Gasteiger partial charge on any atom is 0.0201 e. The Labute approximate surface area is 95.2 Å². The van der Waals surface area contributed by atoms with Crippen LogP contribution in [0.25, 0.3) is 0 Å². The molecule has 3 heteroatoms. The largest absolute Gasteiger partial charge is 0.306 e. The monoisotopic (exact) mass is 294 g/mol. The molecule has 0 unspecified atom stereocenters. The van der Waals surface area contributed by atoms with Crippen LogP contribution in [0.1, 0.15) is 25.7 Å². The Morgan fingerprint density at radius 3 is 2.31 bits per heavy atom. The van der Waals surface area contributed by atoms with Crippen LogP contribution in [-0.4, -0.2) is 41.2 Å². The van der Waals surface area contributed by atoms with Gasteiger partial charge in [0.25, 0.3) is 0 Å². The quantitative estimate of drug-likeness (QED) is 0.540. The molecule has 0 atom stereocenters. The average molecular weight is 294 g/mol. The third kappa shape index (κ3) is 2.02. The van der Waals surface area contributed by atoms with Gasteiger partial charge in [-0.1, -0.05) is 0 Å². The summed E-state index contributed by atoms with van der Waals surface area (Å²) in [6.07, 6.45) is 5.76. The third-order valence-corrected chi connectivity index (χ3v) is 4.68. The number of nitrogens with zero attached hydrogens (tertiary/aromatic N) is 2. The Morgan fingerprint density at radius 2 is 1.85 bits per heavy atom. The highest BCUT2D eigenvalue weighted by molar-refractivity contribution is 14.1. The lowest BCUT2D eigenvalue weighted by atomic mass is 9.60. The van der Waals surface area contributed by atoms with Crippen molar-refractivity contribution < 1.29 is 0 Å². The summed E-state index contributed by atoms with van der Waals surface area (Å²) in [5.41, 5.74) is 0.747. The van der Waals surface area contributed by atoms with Gasteiger partial charge >= 0.3 is 0 Å². The molecule has 13 heavy (non-hydrogen) atoms. The Hall–Kier alpha value is 0.650. The van der Waals surface area contributed by atoms with E-state index >= 15 is 0 Å². The van der Waals surface area contributed by atoms with Crippen molar-refractivity contribution in [1.82, 2.24) is 8.01 Å². The van der Waals surface area contributed by atoms with Crippen molar-refractivity contribution in [2.45, 2.75) is 31.7 Å². The summed E-state index contributed by atoms with van der Waals surface area (Å²) in [7, 11) is 4.44. The summed E-state index contributed by atoms with van der Waals surface area (Å²) in [6.45, 7) is 2.63. The van der Waals surface area contributed by atoms with Crippen LogP contribution >= 0.6 is 22.9 Å². The van der Waals surface area contributed by atoms with Crippen molar-refractivity contribution in [3.05, 3.63) is 0 Å². The molecule has 1 heterocycles. The van der Waals surface area contributed by atoms with Crippen LogP contribution in [0.15, 0.2) is 0 Å². The summed E-state index contributed by atoms with van der Waals surface area (Å²) >= 11 is 2.43. The molecule has 1 saturated heterocycles. The zero-order valence-corrected chi connectivity index (χ0v) is 10.7. The zero-order chi connectivity index (χ0) is 9.47. The summed E-state index contributed by atoms with van der Waals surface area (Å²) in [5, 5.41) is 0. The van der Waals surface area contributed by atoms with Crippen molar-refractivity contribution >= 4 is 22.9 Å². The Bertz CT molecular complexity index is 177. The summed E-state index contributed by atoms with van der Waals surface area (Å²) in [4.78, 5) is 2.46. The van der Waals surface area contributed by atoms with Gasteiger partial charge in [-0.3, -0.25) is 0 Å². The van der Waals surface area contributed by atoms with E-state index in [1.54, 1.807) is 0 Å². The van der Waals surface area contributed by atoms with Gasteiger partial charge in [-0.15, -0.1) is 0 Å². The summed E-state index contributed by atoms with van der Waals surface area (Å²) in [6, 6.07) is 0.865. The fourth-order valence-corrected chi connectivity index (χ4v) is 3.09. The first-order chi connectivity index (χ1) is 6.11. The number of hydrogen-bond acceptors (Lipinski definition) is 2. The molecule has 0 aromatic rings. The maximum atomic E-state index is 2.46. The van der Waals surface area contributed by atoms with E-state index in [-0.39, 0.29) is 0 Å². The summed E-state index contributed by atoms with van der Waals surface area (Å²) < 4.78 is 2.36. The average Bonchev–Trinajstić information content (AvgIpc) is 2.02. The van der Waals surface area contributed by atoms with Crippen LogP contribution in [0.5, 0.6) is 0 Å². The second kappa shape index (κ2) is 3.66. The molecule has 76 valence electrons. The Morgan fingerprint density at radius 1 is 1.31 bits per heavy atom. The van der Waals surface area contributed by atoms with E-state index in [0.717, 1.165) is 11.5 Å². The first-order valence-corrected chi connectivity index (χ1v) is 6.15. The second-order valence-corrected chi connectivity index (χ2v) is 6.41. The van der Waals surface area contributed by atoms with E-state index in [2.05, 4.69) is 45.0 Å². The Balaban J connectivity index is 1.83. The van der Waals surface area contributed by atoms with Gasteiger partial charge in [0.15, 0.2) is 0 Å². The highest BCUT2D eigenvalue weighted by atomic mass is 127. The molecule has 2 nitrogen and oxygen atoms in total. The second-order valence-electron chi connectivity index (χ2n) is 4.89. The van der Waals surface area contributed by atoms with Crippen molar-refractivity contribution in [1.29, 1.82) is 0 Å². The van der Waals surface area contributed by atoms with Crippen LogP contribution in [0.4, 0.5) is 0 Å². The topological polar surface area (TPSA) is 6.48 Å². The predicted molar refractivity (Wildman–Crippen MR) is 64.0 cm³/mol. The molecule has 0 bridgehead atoms. The van der Waals surface area contributed by atoms with Crippen LogP contribution < -0.4 is 0 Å². The van der Waals surface area contributed by atoms with Gasteiger partial charge in [-0.05, 0) is 58.3 Å². The van der Waals surface area contributed by atoms with Crippen LogP contribution in [0, 0.1) is 5.41 Å². The molecule has 0 N–H and O–H groups in total. The van der Waals surface area contributed by atoms with Crippen molar-refractivity contribution in [3.8, 4) is 0 Å². The molecule has 0 aromatic carbocycles. The molecule has 1 aliphatic carbocycles. The van der Waals surface area contributed by atoms with E-state index in [1.807, 2.05) is 0 Å². The molecule has 2 fully saturated rings. The van der Waals surface area contributed by atoms with E-state index in [1.165, 1.54) is 38.8 Å². The van der Waals surface area contributed by atoms with Gasteiger partial charge in [0.05, 0.1) is 0 Å². The fraction of sp³-hybridized carbons (Fsp3) is 1.00. The molecule has 0 amide bonds. The highest BCUT2D eigenvalue weighted by Gasteiger charge is 2.46. The number of piperidine rings is 1. The lowest BCUT2D eigenvalue weighted by Gasteiger charge is -2.53. The van der Waals surface area contributed by atoms with E-state index in [9.17, 15) is 0 Å². The van der Waals surface area contributed by atoms with Crippen molar-refractivity contribution in [2.24, 2.45) is 5.41 Å². The van der Waals surface area contributed by atoms with E-state index < -0.39 is 0 Å². The molecule has 1 saturated carbocycles. The number of hydrogen-bond donors (Lipinski definition) is 0. The SMILES string of the molecule is CN1CCC2(CC1)CC(N(C)I)C2. The molecule has 1 aliphatic heterocycles. The van der Waals surface area contributed by atoms with E-state index in [4.69, 9.17) is 0 Å². The molecule has 2 aliphatic rings. The lowest BCUT2D eigenvalue weighted by molar-refractivity contribution is -0.000614. The van der Waals surface area contributed by atoms with Gasteiger partial charge in [0.2, 0.25) is 0 Å².